The molecule has 0 aromatic heterocycles. The van der Waals surface area contributed by atoms with Gasteiger partial charge in [-0.1, -0.05) is 0 Å². The summed E-state index contributed by atoms with van der Waals surface area (Å²) in [6, 6.07) is 0. The van der Waals surface area contributed by atoms with E-state index in [1.165, 1.54) is 0 Å². The monoisotopic (exact) mass is 312 g/mol. The highest BCUT2D eigenvalue weighted by Gasteiger charge is 2.59. The van der Waals surface area contributed by atoms with Gasteiger partial charge in [-0.05, 0) is 0 Å². The maximum Gasteiger partial charge on any atom is 0.224 e. The van der Waals surface area contributed by atoms with Gasteiger partial charge in [-0.2, -0.15) is 0 Å². The molecule has 0 amide bonds. The van der Waals surface area contributed by atoms with Gasteiger partial charge >= 0.3 is 0 Å². The summed E-state index contributed by atoms with van der Waals surface area (Å²) >= 11 is 0. The fraction of sp³-hybridized carbons (Fsp3) is 1.00. The Kier molecular flexibility index (Phi) is 5.15. The van der Waals surface area contributed by atoms with Crippen LogP contribution in [-0.2, 0) is 14.2 Å². The highest BCUT2D eigenvalue weighted by molar-refractivity contribution is 4.98. The second-order valence-corrected chi connectivity index (χ2v) is 5.07. The summed E-state index contributed by atoms with van der Waals surface area (Å²) in [7, 11) is 0. The van der Waals surface area contributed by atoms with Crippen molar-refractivity contribution in [1.29, 1.82) is 0 Å². The van der Waals surface area contributed by atoms with Gasteiger partial charge in [-0.25, -0.2) is 0 Å². The SMILES string of the molecule is OC[C@H]1OC(OC2(CO)O[C@H](CO)[C@@H]2O)[C@H](O)[C@@H](O)[C@@H]1O. The Hall–Kier alpha value is -0.400. The first-order valence-corrected chi connectivity index (χ1v) is 6.46. The van der Waals surface area contributed by atoms with Gasteiger partial charge in [0.25, 0.3) is 0 Å². The van der Waals surface area contributed by atoms with Crippen molar-refractivity contribution >= 4 is 0 Å². The third-order valence-corrected chi connectivity index (χ3v) is 3.72. The molecule has 8 atom stereocenters. The maximum absolute atomic E-state index is 9.81. The standard InChI is InChI=1S/C11H20O10/c12-1-4-6(15)7(16)8(17)10(19-4)21-11(3-14)9(18)5(2-13)20-11/h4-10,12-18H,1-3H2/t4-,5-,6-,7+,8-,9+,10?,11?/m1/s1. The molecule has 2 rings (SSSR count). The van der Waals surface area contributed by atoms with Crippen LogP contribution in [0.25, 0.3) is 0 Å². The number of ether oxygens (including phenoxy) is 3. The zero-order valence-electron chi connectivity index (χ0n) is 11.0. The molecule has 7 N–H and O–H groups in total. The van der Waals surface area contributed by atoms with E-state index in [0.29, 0.717) is 0 Å². The summed E-state index contributed by atoms with van der Waals surface area (Å²) in [4.78, 5) is 0. The van der Waals surface area contributed by atoms with E-state index in [4.69, 9.17) is 24.4 Å². The molecule has 0 aliphatic carbocycles. The molecule has 0 saturated carbocycles. The summed E-state index contributed by atoms with van der Waals surface area (Å²) in [5, 5.41) is 66.1. The highest BCUT2D eigenvalue weighted by Crippen LogP contribution is 2.37. The predicted octanol–water partition coefficient (Wildman–Crippen LogP) is -4.76. The fourth-order valence-corrected chi connectivity index (χ4v) is 2.37. The van der Waals surface area contributed by atoms with Crippen molar-refractivity contribution in [3.05, 3.63) is 0 Å². The van der Waals surface area contributed by atoms with Gasteiger partial charge in [0.15, 0.2) is 6.29 Å². The molecule has 0 radical (unpaired) electrons. The van der Waals surface area contributed by atoms with Crippen molar-refractivity contribution in [2.75, 3.05) is 19.8 Å². The summed E-state index contributed by atoms with van der Waals surface area (Å²) in [6.07, 6.45) is -9.95. The lowest BCUT2D eigenvalue weighted by atomic mass is 9.96. The van der Waals surface area contributed by atoms with E-state index in [1.807, 2.05) is 0 Å². The van der Waals surface area contributed by atoms with Crippen LogP contribution in [0, 0.1) is 0 Å². The van der Waals surface area contributed by atoms with Crippen LogP contribution in [0.4, 0.5) is 0 Å². The van der Waals surface area contributed by atoms with Gasteiger partial charge in [-0.3, -0.25) is 0 Å². The molecule has 2 saturated heterocycles. The summed E-state index contributed by atoms with van der Waals surface area (Å²) in [6.45, 7) is -1.93. The van der Waals surface area contributed by atoms with E-state index < -0.39 is 68.5 Å². The molecule has 2 aliphatic rings. The molecule has 10 nitrogen and oxygen atoms in total. The lowest BCUT2D eigenvalue weighted by Gasteiger charge is -2.52. The van der Waals surface area contributed by atoms with Crippen LogP contribution in [0.5, 0.6) is 0 Å². The second kappa shape index (κ2) is 6.38. The Morgan fingerprint density at radius 1 is 0.857 bits per heavy atom. The largest absolute Gasteiger partial charge is 0.394 e. The molecule has 2 fully saturated rings. The van der Waals surface area contributed by atoms with Crippen LogP contribution < -0.4 is 0 Å². The summed E-state index contributed by atoms with van der Waals surface area (Å²) in [5.41, 5.74) is 0. The van der Waals surface area contributed by atoms with Gasteiger partial charge in [0, 0.05) is 0 Å². The first kappa shape index (κ1) is 17.0. The zero-order valence-corrected chi connectivity index (χ0v) is 11.0. The van der Waals surface area contributed by atoms with Gasteiger partial charge in [-0.15, -0.1) is 0 Å². The van der Waals surface area contributed by atoms with E-state index in [1.54, 1.807) is 0 Å². The van der Waals surface area contributed by atoms with Crippen LogP contribution in [0.1, 0.15) is 0 Å². The molecule has 0 aromatic rings. The number of hydrogen-bond donors (Lipinski definition) is 7. The topological polar surface area (TPSA) is 169 Å². The van der Waals surface area contributed by atoms with Crippen molar-refractivity contribution in [3.8, 4) is 0 Å². The average molecular weight is 312 g/mol. The van der Waals surface area contributed by atoms with E-state index in [0.717, 1.165) is 0 Å². The Labute approximate surface area is 119 Å². The van der Waals surface area contributed by atoms with E-state index in [-0.39, 0.29) is 0 Å². The fourth-order valence-electron chi connectivity index (χ4n) is 2.37. The summed E-state index contributed by atoms with van der Waals surface area (Å²) < 4.78 is 15.3. The maximum atomic E-state index is 9.81. The molecule has 124 valence electrons. The molecule has 2 heterocycles. The Balaban J connectivity index is 2.07. The zero-order chi connectivity index (χ0) is 15.8. The van der Waals surface area contributed by atoms with Crippen molar-refractivity contribution in [3.63, 3.8) is 0 Å². The van der Waals surface area contributed by atoms with Crippen LogP contribution in [-0.4, -0.2) is 104 Å². The predicted molar refractivity (Wildman–Crippen MR) is 62.6 cm³/mol. The van der Waals surface area contributed by atoms with Crippen LogP contribution >= 0.6 is 0 Å². The second-order valence-electron chi connectivity index (χ2n) is 5.07. The van der Waals surface area contributed by atoms with E-state index in [9.17, 15) is 25.5 Å². The van der Waals surface area contributed by atoms with Gasteiger partial charge in [0.05, 0.1) is 13.2 Å². The number of aliphatic hydroxyl groups excluding tert-OH is 7. The molecule has 2 unspecified atom stereocenters. The molecular weight excluding hydrogens is 292 g/mol. The van der Waals surface area contributed by atoms with Gasteiger partial charge in [0.2, 0.25) is 5.79 Å². The molecular formula is C11H20O10. The van der Waals surface area contributed by atoms with E-state index >= 15 is 0 Å². The molecule has 0 spiro atoms. The first-order valence-electron chi connectivity index (χ1n) is 6.46. The molecule has 10 heteroatoms. The first-order chi connectivity index (χ1) is 9.90. The molecule has 2 aliphatic heterocycles. The molecule has 0 bridgehead atoms. The average Bonchev–Trinajstić information content (AvgIpc) is 2.50. The Bertz CT molecular complexity index is 352. The third kappa shape index (κ3) is 2.80. The lowest BCUT2D eigenvalue weighted by molar-refractivity contribution is -0.458. The number of aliphatic hydroxyl groups is 7. The van der Waals surface area contributed by atoms with E-state index in [2.05, 4.69) is 0 Å². The smallest absolute Gasteiger partial charge is 0.224 e. The Morgan fingerprint density at radius 2 is 1.48 bits per heavy atom. The number of rotatable bonds is 5. The Morgan fingerprint density at radius 3 is 1.95 bits per heavy atom. The minimum Gasteiger partial charge on any atom is -0.394 e. The van der Waals surface area contributed by atoms with Gasteiger partial charge in [0.1, 0.15) is 43.2 Å². The van der Waals surface area contributed by atoms with Crippen LogP contribution in [0.15, 0.2) is 0 Å². The highest BCUT2D eigenvalue weighted by atomic mass is 16.8. The lowest BCUT2D eigenvalue weighted by Crippen LogP contribution is -2.72. The third-order valence-electron chi connectivity index (χ3n) is 3.72. The minimum absolute atomic E-state index is 0.499. The van der Waals surface area contributed by atoms with Crippen molar-refractivity contribution < 1.29 is 50.0 Å². The van der Waals surface area contributed by atoms with Crippen molar-refractivity contribution in [1.82, 2.24) is 0 Å². The molecule has 21 heavy (non-hydrogen) atoms. The minimum atomic E-state index is -1.92. The van der Waals surface area contributed by atoms with Gasteiger partial charge < -0.3 is 50.0 Å². The number of hydrogen-bond acceptors (Lipinski definition) is 10. The van der Waals surface area contributed by atoms with Crippen LogP contribution in [0.2, 0.25) is 0 Å². The van der Waals surface area contributed by atoms with Crippen molar-refractivity contribution in [2.24, 2.45) is 0 Å². The summed E-state index contributed by atoms with van der Waals surface area (Å²) in [5.74, 6) is -1.92. The van der Waals surface area contributed by atoms with Crippen molar-refractivity contribution in [2.45, 2.75) is 48.7 Å². The molecule has 0 aromatic carbocycles. The quantitative estimate of drug-likeness (QED) is 0.261. The normalized spacial score (nSPS) is 50.7. The van der Waals surface area contributed by atoms with Crippen LogP contribution in [0.3, 0.4) is 0 Å².